The minimum absolute atomic E-state index is 0.0163. The second kappa shape index (κ2) is 9.03. The van der Waals surface area contributed by atoms with Crippen molar-refractivity contribution in [3.05, 3.63) is 35.9 Å². The van der Waals surface area contributed by atoms with Crippen LogP contribution in [-0.4, -0.2) is 33.9 Å². The van der Waals surface area contributed by atoms with E-state index in [4.69, 9.17) is 5.73 Å². The van der Waals surface area contributed by atoms with Gasteiger partial charge < -0.3 is 25.4 Å². The highest BCUT2D eigenvalue weighted by Crippen LogP contribution is 2.35. The van der Waals surface area contributed by atoms with Crippen LogP contribution < -0.4 is 15.8 Å². The van der Waals surface area contributed by atoms with E-state index in [1.54, 1.807) is 13.8 Å². The molecule has 0 radical (unpaired) electrons. The Balaban J connectivity index is 2.25. The summed E-state index contributed by atoms with van der Waals surface area (Å²) in [6.45, 7) is 3.25. The number of thiophene rings is 1. The molecule has 12 heteroatoms. The van der Waals surface area contributed by atoms with Crippen LogP contribution in [-0.2, 0) is 16.0 Å². The van der Waals surface area contributed by atoms with Gasteiger partial charge in [0.15, 0.2) is 4.90 Å². The molecule has 29 heavy (non-hydrogen) atoms. The van der Waals surface area contributed by atoms with E-state index in [-0.39, 0.29) is 25.6 Å². The SMILES string of the molecule is CC(C)C(O)C(=O)Nc1sc([S+]([O-])c2ccc(OC(F)(F)F)cc2)cc1C(N)=O. The maximum atomic E-state index is 12.7. The first-order chi connectivity index (χ1) is 13.4. The van der Waals surface area contributed by atoms with Gasteiger partial charge in [0.05, 0.1) is 5.56 Å². The van der Waals surface area contributed by atoms with Gasteiger partial charge in [-0.1, -0.05) is 25.2 Å². The van der Waals surface area contributed by atoms with Crippen molar-refractivity contribution in [2.75, 3.05) is 5.32 Å². The molecule has 2 amide bonds. The van der Waals surface area contributed by atoms with Crippen LogP contribution in [0.5, 0.6) is 5.75 Å². The summed E-state index contributed by atoms with van der Waals surface area (Å²) in [6.07, 6.45) is -6.17. The molecule has 0 aliphatic heterocycles. The number of hydrogen-bond acceptors (Lipinski definition) is 6. The summed E-state index contributed by atoms with van der Waals surface area (Å²) in [5.41, 5.74) is 5.19. The Morgan fingerprint density at radius 3 is 2.34 bits per heavy atom. The molecule has 2 rings (SSSR count). The van der Waals surface area contributed by atoms with E-state index < -0.39 is 41.2 Å². The number of benzene rings is 1. The van der Waals surface area contributed by atoms with Gasteiger partial charge in [-0.05, 0) is 30.2 Å². The molecule has 0 fully saturated rings. The third-order valence-corrected chi connectivity index (χ3v) is 6.30. The molecule has 0 saturated heterocycles. The zero-order chi connectivity index (χ0) is 21.9. The number of carbonyl (C=O) groups is 2. The van der Waals surface area contributed by atoms with Crippen LogP contribution in [0.25, 0.3) is 0 Å². The molecule has 2 unspecified atom stereocenters. The van der Waals surface area contributed by atoms with Crippen LogP contribution >= 0.6 is 11.3 Å². The summed E-state index contributed by atoms with van der Waals surface area (Å²) in [4.78, 5) is 23.8. The van der Waals surface area contributed by atoms with Crippen LogP contribution in [0.3, 0.4) is 0 Å². The second-order valence-corrected chi connectivity index (χ2v) is 8.90. The third-order valence-electron chi connectivity index (χ3n) is 3.57. The molecule has 0 bridgehead atoms. The highest BCUT2D eigenvalue weighted by molar-refractivity contribution is 7.93. The Kier molecular flexibility index (Phi) is 7.16. The predicted octanol–water partition coefficient (Wildman–Crippen LogP) is 2.87. The Hall–Kier alpha value is -2.28. The van der Waals surface area contributed by atoms with E-state index in [0.29, 0.717) is 0 Å². The fourth-order valence-corrected chi connectivity index (χ4v) is 4.59. The van der Waals surface area contributed by atoms with E-state index in [1.807, 2.05) is 0 Å². The lowest BCUT2D eigenvalue weighted by molar-refractivity contribution is -0.274. The normalized spacial score (nSPS) is 13.8. The van der Waals surface area contributed by atoms with Gasteiger partial charge in [-0.2, -0.15) is 0 Å². The quantitative estimate of drug-likeness (QED) is 0.560. The first kappa shape index (κ1) is 23.0. The third kappa shape index (κ3) is 6.10. The second-order valence-electron chi connectivity index (χ2n) is 6.14. The van der Waals surface area contributed by atoms with Gasteiger partial charge in [0.1, 0.15) is 16.9 Å². The number of aliphatic hydroxyl groups excluding tert-OH is 1. The maximum Gasteiger partial charge on any atom is 0.573 e. The van der Waals surface area contributed by atoms with E-state index >= 15 is 0 Å². The molecule has 1 aromatic heterocycles. The summed E-state index contributed by atoms with van der Waals surface area (Å²) in [5.74, 6) is -2.49. The number of carbonyl (C=O) groups excluding carboxylic acids is 2. The van der Waals surface area contributed by atoms with E-state index in [9.17, 15) is 32.4 Å². The number of anilines is 1. The molecule has 2 atom stereocenters. The van der Waals surface area contributed by atoms with Gasteiger partial charge in [0, 0.05) is 17.2 Å². The predicted molar refractivity (Wildman–Crippen MR) is 100 cm³/mol. The Labute approximate surface area is 170 Å². The number of aliphatic hydroxyl groups is 1. The fraction of sp³-hybridized carbons (Fsp3) is 0.294. The Morgan fingerprint density at radius 1 is 1.28 bits per heavy atom. The molecule has 4 N–H and O–H groups in total. The zero-order valence-corrected chi connectivity index (χ0v) is 16.8. The molecule has 1 aromatic carbocycles. The summed E-state index contributed by atoms with van der Waals surface area (Å²) in [7, 11) is 0. The van der Waals surface area contributed by atoms with Gasteiger partial charge >= 0.3 is 6.36 Å². The number of hydrogen-bond donors (Lipinski definition) is 3. The van der Waals surface area contributed by atoms with Crippen molar-refractivity contribution in [3.8, 4) is 5.75 Å². The number of nitrogens with one attached hydrogen (secondary N) is 1. The summed E-state index contributed by atoms with van der Waals surface area (Å²) in [6, 6.07) is 5.60. The van der Waals surface area contributed by atoms with Crippen LogP contribution in [0.1, 0.15) is 24.2 Å². The van der Waals surface area contributed by atoms with Crippen LogP contribution in [0.2, 0.25) is 0 Å². The average Bonchev–Trinajstić information content (AvgIpc) is 3.03. The van der Waals surface area contributed by atoms with E-state index in [0.717, 1.165) is 23.5 Å². The van der Waals surface area contributed by atoms with E-state index in [1.165, 1.54) is 18.2 Å². The zero-order valence-electron chi connectivity index (χ0n) is 15.1. The van der Waals surface area contributed by atoms with Gasteiger partial charge in [-0.25, -0.2) is 0 Å². The minimum Gasteiger partial charge on any atom is -0.606 e. The van der Waals surface area contributed by atoms with Crippen LogP contribution in [0.4, 0.5) is 18.2 Å². The maximum absolute atomic E-state index is 12.7. The first-order valence-corrected chi connectivity index (χ1v) is 10.1. The van der Waals surface area contributed by atoms with Crippen molar-refractivity contribution in [2.45, 2.75) is 35.4 Å². The molecule has 2 aromatic rings. The van der Waals surface area contributed by atoms with Gasteiger partial charge in [0.25, 0.3) is 11.8 Å². The van der Waals surface area contributed by atoms with Gasteiger partial charge in [0.2, 0.25) is 4.21 Å². The van der Waals surface area contributed by atoms with Crippen molar-refractivity contribution in [2.24, 2.45) is 11.7 Å². The van der Waals surface area contributed by atoms with Crippen molar-refractivity contribution < 1.29 is 37.2 Å². The molecule has 0 saturated carbocycles. The molecule has 0 spiro atoms. The molecule has 1 heterocycles. The van der Waals surface area contributed by atoms with Crippen LogP contribution in [0.15, 0.2) is 39.4 Å². The molecular weight excluding hydrogens is 433 g/mol. The van der Waals surface area contributed by atoms with Crippen molar-refractivity contribution in [1.29, 1.82) is 0 Å². The summed E-state index contributed by atoms with van der Waals surface area (Å²) in [5, 5.41) is 12.2. The highest BCUT2D eigenvalue weighted by Gasteiger charge is 2.31. The molecule has 158 valence electrons. The monoisotopic (exact) mass is 450 g/mol. The van der Waals surface area contributed by atoms with E-state index in [2.05, 4.69) is 10.1 Å². The lowest BCUT2D eigenvalue weighted by Gasteiger charge is -2.13. The average molecular weight is 450 g/mol. The summed E-state index contributed by atoms with van der Waals surface area (Å²) >= 11 is -1.05. The molecular formula is C17H17F3N2O5S2. The molecule has 7 nitrogen and oxygen atoms in total. The van der Waals surface area contributed by atoms with Gasteiger partial charge in [-0.15, -0.1) is 13.2 Å². The smallest absolute Gasteiger partial charge is 0.573 e. The fourth-order valence-electron chi connectivity index (χ4n) is 2.11. The Bertz CT molecular complexity index is 884. The van der Waals surface area contributed by atoms with Crippen molar-refractivity contribution in [3.63, 3.8) is 0 Å². The number of nitrogens with two attached hydrogens (primary N) is 1. The van der Waals surface area contributed by atoms with Crippen molar-refractivity contribution in [1.82, 2.24) is 0 Å². The number of rotatable bonds is 7. The number of primary amides is 1. The highest BCUT2D eigenvalue weighted by atomic mass is 32.2. The number of ether oxygens (including phenoxy) is 1. The number of amides is 2. The number of alkyl halides is 3. The minimum atomic E-state index is -4.85. The topological polar surface area (TPSA) is 125 Å². The van der Waals surface area contributed by atoms with Gasteiger partial charge in [-0.3, -0.25) is 9.59 Å². The van der Waals surface area contributed by atoms with Crippen LogP contribution in [0, 0.1) is 5.92 Å². The number of halogens is 3. The first-order valence-electron chi connectivity index (χ1n) is 8.09. The largest absolute Gasteiger partial charge is 0.606 e. The lowest BCUT2D eigenvalue weighted by Crippen LogP contribution is -2.32. The summed E-state index contributed by atoms with van der Waals surface area (Å²) < 4.78 is 53.3. The standard InChI is InChI=1S/C17H17F3N2O5S2/c1-8(2)13(23)15(25)22-16-11(14(21)24)7-12(28-16)29(26)10-5-3-9(4-6-10)27-17(18,19)20/h3-8,13,23H,1-2H3,(H2,21,24)(H,22,25). The van der Waals surface area contributed by atoms with Crippen molar-refractivity contribution >= 4 is 39.3 Å². The lowest BCUT2D eigenvalue weighted by atomic mass is 10.1. The molecule has 0 aliphatic rings. The molecule has 0 aliphatic carbocycles. The Morgan fingerprint density at radius 2 is 1.86 bits per heavy atom.